The summed E-state index contributed by atoms with van der Waals surface area (Å²) in [4.78, 5) is 25.6. The summed E-state index contributed by atoms with van der Waals surface area (Å²) in [5.41, 5.74) is 0. The maximum Gasteiger partial charge on any atom is 0.306 e. The van der Waals surface area contributed by atoms with Crippen molar-refractivity contribution in [1.29, 1.82) is 0 Å². The summed E-state index contributed by atoms with van der Waals surface area (Å²) in [6.45, 7) is 4.22. The van der Waals surface area contributed by atoms with E-state index in [1.807, 2.05) is 0 Å². The van der Waals surface area contributed by atoms with Crippen LogP contribution in [0.1, 0.15) is 174 Å². The van der Waals surface area contributed by atoms with E-state index in [0.29, 0.717) is 25.9 Å². The zero-order valence-corrected chi connectivity index (χ0v) is 29.5. The largest absolute Gasteiger partial charge is 0.455 e. The molecule has 1 unspecified atom stereocenters. The standard InChI is InChI=1S/C38H70O8/c1-3-5-7-9-11-13-14-15-16-17-18-20-22-23-25-27-34(41)45-37(33-29-30-44-33)38(36(43)32(40)31-39)46-35(42)28-26-24-21-19-12-10-8-6-4-2/h15-16,32-33,36-40,43H,3-14,17-31H2,1-2H3/b16-15-/t32-,33?,36-,37+,38+/m1/s1. The van der Waals surface area contributed by atoms with E-state index in [9.17, 15) is 24.9 Å². The van der Waals surface area contributed by atoms with Crippen LogP contribution in [0.5, 0.6) is 0 Å². The summed E-state index contributed by atoms with van der Waals surface area (Å²) in [5.74, 6) is -0.960. The first kappa shape index (κ1) is 42.5. The van der Waals surface area contributed by atoms with Crippen molar-refractivity contribution in [3.63, 3.8) is 0 Å². The van der Waals surface area contributed by atoms with Gasteiger partial charge in [-0.25, -0.2) is 0 Å². The van der Waals surface area contributed by atoms with Crippen LogP contribution in [0, 0.1) is 0 Å². The van der Waals surface area contributed by atoms with Gasteiger partial charge in [0.15, 0.2) is 12.2 Å². The molecule has 0 radical (unpaired) electrons. The van der Waals surface area contributed by atoms with Gasteiger partial charge >= 0.3 is 11.9 Å². The second-order valence-corrected chi connectivity index (χ2v) is 13.3. The summed E-state index contributed by atoms with van der Waals surface area (Å²) in [6.07, 6.45) is 24.8. The van der Waals surface area contributed by atoms with Crippen molar-refractivity contribution in [2.45, 2.75) is 205 Å². The molecule has 8 heteroatoms. The average molecular weight is 655 g/mol. The molecule has 270 valence electrons. The number of aliphatic hydroxyl groups excluding tert-OH is 3. The highest BCUT2D eigenvalue weighted by atomic mass is 16.6. The van der Waals surface area contributed by atoms with Gasteiger partial charge in [0.05, 0.1) is 6.61 Å². The highest BCUT2D eigenvalue weighted by molar-refractivity contribution is 5.70. The molecule has 1 heterocycles. The molecule has 0 aliphatic carbocycles. The fraction of sp³-hybridized carbons (Fsp3) is 0.895. The molecular weight excluding hydrogens is 584 g/mol. The number of carbonyl (C=O) groups excluding carboxylic acids is 2. The molecule has 0 aromatic rings. The Morgan fingerprint density at radius 2 is 1.09 bits per heavy atom. The van der Waals surface area contributed by atoms with Gasteiger partial charge in [-0.15, -0.1) is 0 Å². The molecule has 1 rings (SSSR count). The molecule has 1 fully saturated rings. The maximum absolute atomic E-state index is 12.8. The van der Waals surface area contributed by atoms with E-state index in [1.165, 1.54) is 77.0 Å². The number of hydrogen-bond donors (Lipinski definition) is 3. The van der Waals surface area contributed by atoms with Crippen molar-refractivity contribution >= 4 is 11.9 Å². The molecule has 0 amide bonds. The van der Waals surface area contributed by atoms with Crippen LogP contribution in [0.15, 0.2) is 12.2 Å². The van der Waals surface area contributed by atoms with E-state index in [2.05, 4.69) is 26.0 Å². The number of allylic oxidation sites excluding steroid dienone is 2. The van der Waals surface area contributed by atoms with Gasteiger partial charge in [0.2, 0.25) is 0 Å². The van der Waals surface area contributed by atoms with Gasteiger partial charge in [-0.3, -0.25) is 9.59 Å². The van der Waals surface area contributed by atoms with Crippen LogP contribution in [-0.4, -0.2) is 71.0 Å². The number of ether oxygens (including phenoxy) is 3. The number of carbonyl (C=O) groups is 2. The highest BCUT2D eigenvalue weighted by Crippen LogP contribution is 2.26. The van der Waals surface area contributed by atoms with Gasteiger partial charge < -0.3 is 29.5 Å². The van der Waals surface area contributed by atoms with E-state index in [4.69, 9.17) is 14.2 Å². The van der Waals surface area contributed by atoms with E-state index in [0.717, 1.165) is 51.4 Å². The highest BCUT2D eigenvalue weighted by Gasteiger charge is 2.45. The molecule has 5 atom stereocenters. The fourth-order valence-corrected chi connectivity index (χ4v) is 5.87. The maximum atomic E-state index is 12.8. The van der Waals surface area contributed by atoms with Gasteiger partial charge in [-0.05, 0) is 38.5 Å². The number of rotatable bonds is 32. The Morgan fingerprint density at radius 1 is 0.674 bits per heavy atom. The van der Waals surface area contributed by atoms with Gasteiger partial charge in [0, 0.05) is 25.9 Å². The van der Waals surface area contributed by atoms with E-state index >= 15 is 0 Å². The second kappa shape index (κ2) is 29.6. The topological polar surface area (TPSA) is 123 Å². The summed E-state index contributed by atoms with van der Waals surface area (Å²) in [5, 5.41) is 30.4. The van der Waals surface area contributed by atoms with Crippen LogP contribution in [0.25, 0.3) is 0 Å². The van der Waals surface area contributed by atoms with Crippen LogP contribution in [0.3, 0.4) is 0 Å². The van der Waals surface area contributed by atoms with Crippen molar-refractivity contribution in [2.75, 3.05) is 13.2 Å². The SMILES string of the molecule is CCCCCCCC/C=C\CCCCCCCC(=O)O[C@@H](C1CCO1)[C@@H](OC(=O)CCCCCCCCCCC)[C@H](O)[C@H](O)CO. The molecule has 8 nitrogen and oxygen atoms in total. The molecule has 46 heavy (non-hydrogen) atoms. The number of hydrogen-bond acceptors (Lipinski definition) is 8. The Labute approximate surface area is 281 Å². The zero-order valence-electron chi connectivity index (χ0n) is 29.5. The summed E-state index contributed by atoms with van der Waals surface area (Å²) < 4.78 is 17.0. The smallest absolute Gasteiger partial charge is 0.306 e. The quantitative estimate of drug-likeness (QED) is 0.0376. The third kappa shape index (κ3) is 21.4. The van der Waals surface area contributed by atoms with Crippen LogP contribution in [0.4, 0.5) is 0 Å². The lowest BCUT2D eigenvalue weighted by atomic mass is 9.95. The minimum atomic E-state index is -1.61. The molecule has 3 N–H and O–H groups in total. The monoisotopic (exact) mass is 655 g/mol. The van der Waals surface area contributed by atoms with Crippen LogP contribution in [0.2, 0.25) is 0 Å². The van der Waals surface area contributed by atoms with Gasteiger partial charge in [-0.2, -0.15) is 0 Å². The lowest BCUT2D eigenvalue weighted by Gasteiger charge is -2.39. The van der Waals surface area contributed by atoms with Crippen LogP contribution in [-0.2, 0) is 23.8 Å². The molecule has 0 bridgehead atoms. The third-order valence-electron chi connectivity index (χ3n) is 9.00. The minimum Gasteiger partial charge on any atom is -0.455 e. The Hall–Kier alpha value is -1.48. The molecular formula is C38H70O8. The zero-order chi connectivity index (χ0) is 33.7. The molecule has 1 aliphatic rings. The van der Waals surface area contributed by atoms with E-state index < -0.39 is 49.1 Å². The third-order valence-corrected chi connectivity index (χ3v) is 9.00. The molecule has 0 aromatic heterocycles. The second-order valence-electron chi connectivity index (χ2n) is 13.3. The van der Waals surface area contributed by atoms with Crippen molar-refractivity contribution in [3.8, 4) is 0 Å². The summed E-state index contributed by atoms with van der Waals surface area (Å²) in [6, 6.07) is 0. The van der Waals surface area contributed by atoms with Crippen molar-refractivity contribution in [3.05, 3.63) is 12.2 Å². The van der Waals surface area contributed by atoms with Crippen molar-refractivity contribution in [1.82, 2.24) is 0 Å². The minimum absolute atomic E-state index is 0.176. The number of esters is 2. The molecule has 0 aromatic carbocycles. The predicted octanol–water partition coefficient (Wildman–Crippen LogP) is 8.27. The Bertz CT molecular complexity index is 753. The Balaban J connectivity index is 2.40. The number of aliphatic hydroxyl groups is 3. The average Bonchev–Trinajstić information content (AvgIpc) is 3.02. The Kier molecular flexibility index (Phi) is 27.4. The van der Waals surface area contributed by atoms with E-state index in [1.54, 1.807) is 0 Å². The lowest BCUT2D eigenvalue weighted by molar-refractivity contribution is -0.216. The fourth-order valence-electron chi connectivity index (χ4n) is 5.87. The summed E-state index contributed by atoms with van der Waals surface area (Å²) >= 11 is 0. The lowest BCUT2D eigenvalue weighted by Crippen LogP contribution is -2.56. The van der Waals surface area contributed by atoms with Gasteiger partial charge in [0.25, 0.3) is 0 Å². The molecule has 1 saturated heterocycles. The first-order valence-corrected chi connectivity index (χ1v) is 19.1. The normalized spacial score (nSPS) is 17.4. The van der Waals surface area contributed by atoms with Crippen LogP contribution < -0.4 is 0 Å². The van der Waals surface area contributed by atoms with Crippen molar-refractivity contribution in [2.24, 2.45) is 0 Å². The van der Waals surface area contributed by atoms with Gasteiger partial charge in [-0.1, -0.05) is 129 Å². The first-order valence-electron chi connectivity index (χ1n) is 19.1. The first-order chi connectivity index (χ1) is 22.4. The Morgan fingerprint density at radius 3 is 1.50 bits per heavy atom. The van der Waals surface area contributed by atoms with Crippen LogP contribution >= 0.6 is 0 Å². The predicted molar refractivity (Wildman–Crippen MR) is 185 cm³/mol. The van der Waals surface area contributed by atoms with Crippen molar-refractivity contribution < 1.29 is 39.1 Å². The number of unbranched alkanes of at least 4 members (excludes halogenated alkanes) is 19. The van der Waals surface area contributed by atoms with E-state index in [-0.39, 0.29) is 12.8 Å². The molecule has 0 spiro atoms. The molecule has 1 aliphatic heterocycles. The van der Waals surface area contributed by atoms with Gasteiger partial charge in [0.1, 0.15) is 18.3 Å². The summed E-state index contributed by atoms with van der Waals surface area (Å²) in [7, 11) is 0. The molecule has 0 saturated carbocycles.